The predicted molar refractivity (Wildman–Crippen MR) is 50.1 cm³/mol. The van der Waals surface area contributed by atoms with Gasteiger partial charge in [-0.25, -0.2) is 8.42 Å². The van der Waals surface area contributed by atoms with Crippen molar-refractivity contribution in [2.24, 2.45) is 7.05 Å². The molecule has 0 aliphatic heterocycles. The molecule has 1 aromatic rings. The summed E-state index contributed by atoms with van der Waals surface area (Å²) in [5.41, 5.74) is 0. The zero-order valence-corrected chi connectivity index (χ0v) is 9.09. The summed E-state index contributed by atoms with van der Waals surface area (Å²) in [4.78, 5) is 0.280. The van der Waals surface area contributed by atoms with Crippen LogP contribution in [0, 0.1) is 0 Å². The SMILES string of the molecule is Cn1cc(S(=O)(=O)C(C)(C)C)cn1. The summed E-state index contributed by atoms with van der Waals surface area (Å²) in [6, 6.07) is 0. The Kier molecular flexibility index (Phi) is 2.23. The average molecular weight is 202 g/mol. The first-order valence-corrected chi connectivity index (χ1v) is 5.47. The van der Waals surface area contributed by atoms with Crippen molar-refractivity contribution >= 4 is 9.84 Å². The fourth-order valence-corrected chi connectivity index (χ4v) is 2.08. The molecule has 74 valence electrons. The van der Waals surface area contributed by atoms with E-state index in [0.29, 0.717) is 0 Å². The molecule has 0 spiro atoms. The summed E-state index contributed by atoms with van der Waals surface area (Å²) < 4.78 is 24.3. The smallest absolute Gasteiger partial charge is 0.186 e. The van der Waals surface area contributed by atoms with Crippen LogP contribution in [0.5, 0.6) is 0 Å². The van der Waals surface area contributed by atoms with Crippen LogP contribution >= 0.6 is 0 Å². The quantitative estimate of drug-likeness (QED) is 0.682. The van der Waals surface area contributed by atoms with Crippen molar-refractivity contribution in [1.29, 1.82) is 0 Å². The van der Waals surface area contributed by atoms with Gasteiger partial charge in [-0.15, -0.1) is 0 Å². The number of rotatable bonds is 1. The molecule has 0 bridgehead atoms. The summed E-state index contributed by atoms with van der Waals surface area (Å²) in [6.07, 6.45) is 2.89. The van der Waals surface area contributed by atoms with Crippen LogP contribution in [0.2, 0.25) is 0 Å². The Balaban J connectivity index is 3.24. The Morgan fingerprint density at radius 3 is 2.23 bits per heavy atom. The molecule has 0 radical (unpaired) electrons. The Morgan fingerprint density at radius 2 is 1.92 bits per heavy atom. The van der Waals surface area contributed by atoms with E-state index < -0.39 is 14.6 Å². The molecule has 0 unspecified atom stereocenters. The average Bonchev–Trinajstić information content (AvgIpc) is 2.33. The van der Waals surface area contributed by atoms with E-state index in [4.69, 9.17) is 0 Å². The molecule has 0 atom stereocenters. The standard InChI is InChI=1S/C8H14N2O2S/c1-8(2,3)13(11,12)7-5-9-10(4)6-7/h5-6H,1-4H3. The molecule has 0 amide bonds. The maximum Gasteiger partial charge on any atom is 0.186 e. The highest BCUT2D eigenvalue weighted by molar-refractivity contribution is 7.92. The molecule has 0 aliphatic rings. The molecule has 0 N–H and O–H groups in total. The first-order chi connectivity index (χ1) is 5.75. The van der Waals surface area contributed by atoms with Crippen LogP contribution in [-0.2, 0) is 16.9 Å². The second-order valence-corrected chi connectivity index (χ2v) is 6.67. The Hall–Kier alpha value is -0.840. The number of hydrogen-bond donors (Lipinski definition) is 0. The van der Waals surface area contributed by atoms with Gasteiger partial charge in [0.25, 0.3) is 0 Å². The van der Waals surface area contributed by atoms with Gasteiger partial charge in [-0.3, -0.25) is 4.68 Å². The van der Waals surface area contributed by atoms with Crippen LogP contribution in [0.15, 0.2) is 17.3 Å². The van der Waals surface area contributed by atoms with E-state index >= 15 is 0 Å². The van der Waals surface area contributed by atoms with Gasteiger partial charge in [-0.05, 0) is 20.8 Å². The van der Waals surface area contributed by atoms with Crippen molar-refractivity contribution in [3.63, 3.8) is 0 Å². The lowest BCUT2D eigenvalue weighted by molar-refractivity contribution is 0.560. The lowest BCUT2D eigenvalue weighted by Crippen LogP contribution is -2.27. The largest absolute Gasteiger partial charge is 0.274 e. The zero-order chi connectivity index (χ0) is 10.3. The van der Waals surface area contributed by atoms with E-state index in [2.05, 4.69) is 5.10 Å². The van der Waals surface area contributed by atoms with Gasteiger partial charge in [0, 0.05) is 13.2 Å². The van der Waals surface area contributed by atoms with E-state index in [9.17, 15) is 8.42 Å². The summed E-state index contributed by atoms with van der Waals surface area (Å²) in [5, 5.41) is 3.83. The van der Waals surface area contributed by atoms with Gasteiger partial charge in [0.2, 0.25) is 0 Å². The van der Waals surface area contributed by atoms with E-state index in [1.54, 1.807) is 27.8 Å². The molecule has 1 rings (SSSR count). The van der Waals surface area contributed by atoms with E-state index in [1.165, 1.54) is 17.1 Å². The second kappa shape index (κ2) is 2.83. The van der Waals surface area contributed by atoms with Crippen LogP contribution in [0.1, 0.15) is 20.8 Å². The maximum absolute atomic E-state index is 11.8. The normalized spacial score (nSPS) is 13.2. The van der Waals surface area contributed by atoms with Crippen molar-refractivity contribution in [1.82, 2.24) is 9.78 Å². The minimum Gasteiger partial charge on any atom is -0.274 e. The second-order valence-electron chi connectivity index (χ2n) is 3.97. The first-order valence-electron chi connectivity index (χ1n) is 3.98. The van der Waals surface area contributed by atoms with Crippen LogP contribution in [0.25, 0.3) is 0 Å². The predicted octanol–water partition coefficient (Wildman–Crippen LogP) is 0.992. The number of aryl methyl sites for hydroxylation is 1. The maximum atomic E-state index is 11.8. The molecule has 0 aliphatic carbocycles. The van der Waals surface area contributed by atoms with Crippen molar-refractivity contribution in [3.05, 3.63) is 12.4 Å². The minimum atomic E-state index is -3.24. The zero-order valence-electron chi connectivity index (χ0n) is 8.27. The van der Waals surface area contributed by atoms with E-state index in [0.717, 1.165) is 0 Å². The molecular weight excluding hydrogens is 188 g/mol. The highest BCUT2D eigenvalue weighted by Crippen LogP contribution is 2.23. The van der Waals surface area contributed by atoms with Crippen molar-refractivity contribution in [3.8, 4) is 0 Å². The molecule has 13 heavy (non-hydrogen) atoms. The number of nitrogens with zero attached hydrogens (tertiary/aromatic N) is 2. The lowest BCUT2D eigenvalue weighted by atomic mass is 10.3. The Labute approximate surface area is 78.5 Å². The summed E-state index contributed by atoms with van der Waals surface area (Å²) in [7, 11) is -1.54. The van der Waals surface area contributed by atoms with E-state index in [-0.39, 0.29) is 4.90 Å². The molecule has 0 aromatic carbocycles. The molecular formula is C8H14N2O2S. The van der Waals surface area contributed by atoms with E-state index in [1.807, 2.05) is 0 Å². The summed E-state index contributed by atoms with van der Waals surface area (Å²) in [6.45, 7) is 5.03. The summed E-state index contributed by atoms with van der Waals surface area (Å²) in [5.74, 6) is 0. The van der Waals surface area contributed by atoms with Gasteiger partial charge in [0.05, 0.1) is 10.9 Å². The first kappa shape index (κ1) is 10.2. The third kappa shape index (κ3) is 1.75. The molecule has 4 nitrogen and oxygen atoms in total. The molecule has 0 fully saturated rings. The van der Waals surface area contributed by atoms with Crippen LogP contribution in [0.4, 0.5) is 0 Å². The van der Waals surface area contributed by atoms with Gasteiger partial charge < -0.3 is 0 Å². The fraction of sp³-hybridized carbons (Fsp3) is 0.625. The van der Waals surface area contributed by atoms with Crippen LogP contribution in [0.3, 0.4) is 0 Å². The van der Waals surface area contributed by atoms with Gasteiger partial charge in [-0.1, -0.05) is 0 Å². The monoisotopic (exact) mass is 202 g/mol. The lowest BCUT2D eigenvalue weighted by Gasteiger charge is -2.17. The van der Waals surface area contributed by atoms with Crippen molar-refractivity contribution in [2.45, 2.75) is 30.4 Å². The fourth-order valence-electron chi connectivity index (χ4n) is 0.891. The van der Waals surface area contributed by atoms with Crippen molar-refractivity contribution < 1.29 is 8.42 Å². The molecule has 0 saturated heterocycles. The van der Waals surface area contributed by atoms with Gasteiger partial charge in [0.1, 0.15) is 4.90 Å². The Bertz CT molecular complexity index is 398. The van der Waals surface area contributed by atoms with Crippen LogP contribution < -0.4 is 0 Å². The van der Waals surface area contributed by atoms with Crippen molar-refractivity contribution in [2.75, 3.05) is 0 Å². The van der Waals surface area contributed by atoms with Crippen LogP contribution in [-0.4, -0.2) is 22.9 Å². The third-order valence-electron chi connectivity index (χ3n) is 1.80. The van der Waals surface area contributed by atoms with Gasteiger partial charge in [-0.2, -0.15) is 5.10 Å². The molecule has 0 saturated carbocycles. The Morgan fingerprint density at radius 1 is 1.38 bits per heavy atom. The highest BCUT2D eigenvalue weighted by Gasteiger charge is 2.31. The third-order valence-corrected chi connectivity index (χ3v) is 4.24. The topological polar surface area (TPSA) is 52.0 Å². The molecule has 1 aromatic heterocycles. The number of hydrogen-bond acceptors (Lipinski definition) is 3. The number of aromatic nitrogens is 2. The number of sulfone groups is 1. The minimum absolute atomic E-state index is 0.280. The molecule has 5 heteroatoms. The molecule has 1 heterocycles. The van der Waals surface area contributed by atoms with Gasteiger partial charge in [0.15, 0.2) is 9.84 Å². The summed E-state index contributed by atoms with van der Waals surface area (Å²) >= 11 is 0. The van der Waals surface area contributed by atoms with Gasteiger partial charge >= 0.3 is 0 Å². The highest BCUT2D eigenvalue weighted by atomic mass is 32.2.